The fraction of sp³-hybridized carbons (Fsp3) is 0.333. The summed E-state index contributed by atoms with van der Waals surface area (Å²) in [5, 5.41) is 0. The largest absolute Gasteiger partial charge is 0.0622 e. The zero-order valence-electron chi connectivity index (χ0n) is 17.1. The van der Waals surface area contributed by atoms with Crippen LogP contribution in [0.1, 0.15) is 50.8 Å². The fourth-order valence-electron chi connectivity index (χ4n) is 6.89. The van der Waals surface area contributed by atoms with Gasteiger partial charge in [-0.3, -0.25) is 0 Å². The van der Waals surface area contributed by atoms with Gasteiger partial charge in [-0.05, 0) is 63.6 Å². The van der Waals surface area contributed by atoms with Crippen LogP contribution in [-0.4, -0.2) is 0 Å². The molecule has 0 saturated heterocycles. The maximum Gasteiger partial charge on any atom is 0.0317 e. The lowest BCUT2D eigenvalue weighted by atomic mass is 9.35. The molecule has 0 heterocycles. The number of fused-ring (bicyclic) bond motifs is 5. The minimum absolute atomic E-state index is 0.0848. The lowest BCUT2D eigenvalue weighted by molar-refractivity contribution is -0.0857. The van der Waals surface area contributed by atoms with Crippen molar-refractivity contribution in [2.24, 2.45) is 10.8 Å². The van der Waals surface area contributed by atoms with E-state index in [-0.39, 0.29) is 16.2 Å². The Balaban J connectivity index is 1.85. The monoisotopic (exact) mass is 352 g/mol. The van der Waals surface area contributed by atoms with Crippen LogP contribution >= 0.6 is 0 Å². The molecule has 3 aromatic carbocycles. The van der Waals surface area contributed by atoms with E-state index in [0.29, 0.717) is 0 Å². The summed E-state index contributed by atoms with van der Waals surface area (Å²) in [5.74, 6) is 0. The van der Waals surface area contributed by atoms with Gasteiger partial charge < -0.3 is 0 Å². The molecule has 2 aliphatic rings. The number of hydrogen-bond acceptors (Lipinski definition) is 0. The first-order valence-electron chi connectivity index (χ1n) is 10.1. The zero-order chi connectivity index (χ0) is 19.0. The van der Waals surface area contributed by atoms with Gasteiger partial charge in [-0.15, -0.1) is 0 Å². The summed E-state index contributed by atoms with van der Waals surface area (Å²) < 4.78 is 0. The van der Waals surface area contributed by atoms with Gasteiger partial charge in [-0.25, -0.2) is 0 Å². The minimum atomic E-state index is 0.0848. The second kappa shape index (κ2) is 5.13. The normalized spacial score (nSPS) is 20.0. The Hall–Kier alpha value is -2.34. The number of hydrogen-bond donors (Lipinski definition) is 0. The van der Waals surface area contributed by atoms with Crippen molar-refractivity contribution in [3.05, 3.63) is 83.4 Å². The molecule has 0 bridgehead atoms. The van der Waals surface area contributed by atoms with Crippen molar-refractivity contribution in [3.63, 3.8) is 0 Å². The third-order valence-corrected chi connectivity index (χ3v) is 7.31. The molecule has 2 aliphatic carbocycles. The Morgan fingerprint density at radius 2 is 1.22 bits per heavy atom. The lowest BCUT2D eigenvalue weighted by Crippen LogP contribution is -2.63. The van der Waals surface area contributed by atoms with E-state index in [0.717, 1.165) is 0 Å². The number of aryl methyl sites for hydroxylation is 1. The summed E-state index contributed by atoms with van der Waals surface area (Å²) in [5.41, 5.74) is 10.5. The van der Waals surface area contributed by atoms with E-state index >= 15 is 0 Å². The molecule has 0 unspecified atom stereocenters. The molecule has 0 aromatic heterocycles. The van der Waals surface area contributed by atoms with E-state index in [9.17, 15) is 0 Å². The predicted octanol–water partition coefficient (Wildman–Crippen LogP) is 7.38. The fourth-order valence-corrected chi connectivity index (χ4v) is 6.89. The van der Waals surface area contributed by atoms with E-state index in [4.69, 9.17) is 0 Å². The van der Waals surface area contributed by atoms with Crippen molar-refractivity contribution >= 4 is 0 Å². The minimum Gasteiger partial charge on any atom is -0.0622 e. The summed E-state index contributed by atoms with van der Waals surface area (Å²) in [4.78, 5) is 0. The van der Waals surface area contributed by atoms with Crippen molar-refractivity contribution in [3.8, 4) is 22.3 Å². The Morgan fingerprint density at radius 3 is 1.85 bits per heavy atom. The van der Waals surface area contributed by atoms with Crippen molar-refractivity contribution in [1.29, 1.82) is 0 Å². The molecule has 0 aliphatic heterocycles. The summed E-state index contributed by atoms with van der Waals surface area (Å²) >= 11 is 0. The van der Waals surface area contributed by atoms with Crippen LogP contribution in [0.15, 0.2) is 66.7 Å². The Labute approximate surface area is 163 Å². The molecule has 0 amide bonds. The molecule has 1 fully saturated rings. The van der Waals surface area contributed by atoms with Crippen LogP contribution in [0.5, 0.6) is 0 Å². The highest BCUT2D eigenvalue weighted by atomic mass is 14.7. The molecule has 136 valence electrons. The van der Waals surface area contributed by atoms with Crippen molar-refractivity contribution < 1.29 is 0 Å². The second-order valence-corrected chi connectivity index (χ2v) is 9.87. The van der Waals surface area contributed by atoms with Gasteiger partial charge in [-0.2, -0.15) is 0 Å². The van der Waals surface area contributed by atoms with Gasteiger partial charge in [-0.1, -0.05) is 93.9 Å². The Kier molecular flexibility index (Phi) is 3.19. The maximum absolute atomic E-state index is 2.49. The highest BCUT2D eigenvalue weighted by Gasteiger charge is 2.69. The summed E-state index contributed by atoms with van der Waals surface area (Å²) in [7, 11) is 0. The van der Waals surface area contributed by atoms with Crippen molar-refractivity contribution in [1.82, 2.24) is 0 Å². The van der Waals surface area contributed by atoms with Crippen LogP contribution in [-0.2, 0) is 5.41 Å². The average Bonchev–Trinajstić information content (AvgIpc) is 2.93. The standard InChI is InChI=1S/C27H28/c1-18-11-13-21-22-14-12-20(19-9-7-6-8-10-19)16-24(22)27(23(21)15-18)25(2,3)17-26(27,4)5/h6-16H,17H2,1-5H3. The quantitative estimate of drug-likeness (QED) is 0.428. The van der Waals surface area contributed by atoms with Gasteiger partial charge >= 0.3 is 0 Å². The Morgan fingerprint density at radius 1 is 0.630 bits per heavy atom. The van der Waals surface area contributed by atoms with E-state index in [1.54, 1.807) is 5.56 Å². The summed E-state index contributed by atoms with van der Waals surface area (Å²) in [6.07, 6.45) is 1.25. The van der Waals surface area contributed by atoms with Gasteiger partial charge in [0.2, 0.25) is 0 Å². The molecule has 0 heteroatoms. The smallest absolute Gasteiger partial charge is 0.0317 e. The van der Waals surface area contributed by atoms with E-state index in [1.807, 2.05) is 0 Å². The Bertz CT molecular complexity index is 1040. The van der Waals surface area contributed by atoms with Crippen LogP contribution in [0.2, 0.25) is 0 Å². The van der Waals surface area contributed by atoms with Gasteiger partial charge in [0.25, 0.3) is 0 Å². The van der Waals surface area contributed by atoms with Gasteiger partial charge in [0.05, 0.1) is 0 Å². The molecular formula is C27H28. The van der Waals surface area contributed by atoms with Crippen LogP contribution in [0.25, 0.3) is 22.3 Å². The molecule has 27 heavy (non-hydrogen) atoms. The highest BCUT2D eigenvalue weighted by molar-refractivity contribution is 5.86. The third kappa shape index (κ3) is 1.94. The predicted molar refractivity (Wildman–Crippen MR) is 115 cm³/mol. The third-order valence-electron chi connectivity index (χ3n) is 7.31. The van der Waals surface area contributed by atoms with Crippen LogP contribution in [0.4, 0.5) is 0 Å². The first-order valence-corrected chi connectivity index (χ1v) is 10.1. The maximum atomic E-state index is 2.49. The van der Waals surface area contributed by atoms with E-state index < -0.39 is 0 Å². The van der Waals surface area contributed by atoms with E-state index in [1.165, 1.54) is 39.8 Å². The molecular weight excluding hydrogens is 324 g/mol. The number of rotatable bonds is 1. The lowest BCUT2D eigenvalue weighted by Gasteiger charge is -2.67. The molecule has 1 spiro atoms. The molecule has 5 rings (SSSR count). The summed E-state index contributed by atoms with van der Waals surface area (Å²) in [6.45, 7) is 12.1. The molecule has 0 radical (unpaired) electrons. The van der Waals surface area contributed by atoms with Crippen LogP contribution in [0, 0.1) is 17.8 Å². The molecule has 0 nitrogen and oxygen atoms in total. The SMILES string of the molecule is Cc1ccc2c(c1)C1(c3cc(-c4ccccc4)ccc3-2)C(C)(C)CC1(C)C. The van der Waals surface area contributed by atoms with Crippen LogP contribution in [0.3, 0.4) is 0 Å². The molecule has 1 saturated carbocycles. The molecule has 0 atom stereocenters. The first-order chi connectivity index (χ1) is 12.8. The second-order valence-electron chi connectivity index (χ2n) is 9.87. The molecule has 0 N–H and O–H groups in total. The van der Waals surface area contributed by atoms with Gasteiger partial charge in [0.15, 0.2) is 0 Å². The van der Waals surface area contributed by atoms with Gasteiger partial charge in [0, 0.05) is 5.41 Å². The molecule has 3 aromatic rings. The van der Waals surface area contributed by atoms with Crippen molar-refractivity contribution in [2.45, 2.75) is 46.5 Å². The van der Waals surface area contributed by atoms with Crippen molar-refractivity contribution in [2.75, 3.05) is 0 Å². The number of benzene rings is 3. The topological polar surface area (TPSA) is 0 Å². The highest BCUT2D eigenvalue weighted by Crippen LogP contribution is 2.75. The van der Waals surface area contributed by atoms with E-state index in [2.05, 4.69) is 101 Å². The van der Waals surface area contributed by atoms with Crippen LogP contribution < -0.4 is 0 Å². The first kappa shape index (κ1) is 16.8. The summed E-state index contributed by atoms with van der Waals surface area (Å²) in [6, 6.07) is 25.0. The van der Waals surface area contributed by atoms with Gasteiger partial charge in [0.1, 0.15) is 0 Å². The average molecular weight is 353 g/mol. The zero-order valence-corrected chi connectivity index (χ0v) is 17.1.